The van der Waals surface area contributed by atoms with E-state index >= 15 is 0 Å². The minimum absolute atomic E-state index is 0.0127. The number of fused-ring (bicyclic) bond motifs is 3. The topological polar surface area (TPSA) is 54.3 Å². The van der Waals surface area contributed by atoms with Gasteiger partial charge in [0, 0.05) is 23.5 Å². The molecule has 1 aromatic heterocycles. The number of benzene rings is 1. The molecule has 1 aromatic carbocycles. The highest BCUT2D eigenvalue weighted by molar-refractivity contribution is 6.05. The van der Waals surface area contributed by atoms with Gasteiger partial charge in [0.25, 0.3) is 5.91 Å². The van der Waals surface area contributed by atoms with Crippen LogP contribution < -0.4 is 10.6 Å². The summed E-state index contributed by atoms with van der Waals surface area (Å²) in [5.41, 5.74) is 1.41. The lowest BCUT2D eigenvalue weighted by Crippen LogP contribution is -2.48. The molecule has 2 bridgehead atoms. The van der Waals surface area contributed by atoms with Crippen molar-refractivity contribution in [2.75, 3.05) is 0 Å². The number of para-hydroxylation sites is 1. The Morgan fingerprint density at radius 2 is 1.95 bits per heavy atom. The predicted octanol–water partition coefficient (Wildman–Crippen LogP) is 2.45. The van der Waals surface area contributed by atoms with E-state index in [-0.39, 0.29) is 11.9 Å². The molecule has 4 rings (SSSR count). The third-order valence-corrected chi connectivity index (χ3v) is 4.53. The molecule has 2 aliphatic rings. The predicted molar refractivity (Wildman–Crippen MR) is 76.6 cm³/mol. The van der Waals surface area contributed by atoms with E-state index in [1.54, 1.807) is 6.26 Å². The van der Waals surface area contributed by atoms with Crippen molar-refractivity contribution in [1.82, 2.24) is 10.6 Å². The fourth-order valence-corrected chi connectivity index (χ4v) is 3.59. The van der Waals surface area contributed by atoms with E-state index in [1.807, 2.05) is 24.3 Å². The average molecular weight is 270 g/mol. The first-order chi connectivity index (χ1) is 9.79. The number of carbonyl (C=O) groups excluding carboxylic acids is 1. The normalized spacial score (nSPS) is 28.7. The molecule has 0 radical (unpaired) electrons. The molecule has 2 saturated heterocycles. The first kappa shape index (κ1) is 12.0. The van der Waals surface area contributed by atoms with E-state index in [2.05, 4.69) is 10.6 Å². The fraction of sp³-hybridized carbons (Fsp3) is 0.438. The van der Waals surface area contributed by atoms with Crippen molar-refractivity contribution in [3.8, 4) is 0 Å². The van der Waals surface area contributed by atoms with Crippen LogP contribution in [-0.2, 0) is 0 Å². The van der Waals surface area contributed by atoms with Gasteiger partial charge in [-0.25, -0.2) is 0 Å². The van der Waals surface area contributed by atoms with Crippen LogP contribution in [-0.4, -0.2) is 24.0 Å². The molecular formula is C16H18N2O2. The Hall–Kier alpha value is -1.81. The van der Waals surface area contributed by atoms with Gasteiger partial charge >= 0.3 is 0 Å². The zero-order valence-corrected chi connectivity index (χ0v) is 11.3. The third-order valence-electron chi connectivity index (χ3n) is 4.53. The first-order valence-corrected chi connectivity index (χ1v) is 7.33. The van der Waals surface area contributed by atoms with E-state index in [9.17, 15) is 4.79 Å². The summed E-state index contributed by atoms with van der Waals surface area (Å²) in [6.07, 6.45) is 6.13. The van der Waals surface area contributed by atoms with E-state index in [4.69, 9.17) is 4.42 Å². The van der Waals surface area contributed by atoms with Gasteiger partial charge in [-0.3, -0.25) is 4.79 Å². The molecular weight excluding hydrogens is 252 g/mol. The highest BCUT2D eigenvalue weighted by Crippen LogP contribution is 2.27. The number of hydrogen-bond acceptors (Lipinski definition) is 3. The first-order valence-electron chi connectivity index (χ1n) is 7.33. The summed E-state index contributed by atoms with van der Waals surface area (Å²) in [6, 6.07) is 9.11. The van der Waals surface area contributed by atoms with Gasteiger partial charge in [-0.15, -0.1) is 0 Å². The van der Waals surface area contributed by atoms with Gasteiger partial charge in [0.15, 0.2) is 0 Å². The van der Waals surface area contributed by atoms with Crippen LogP contribution in [0.4, 0.5) is 0 Å². The monoisotopic (exact) mass is 270 g/mol. The van der Waals surface area contributed by atoms with Crippen molar-refractivity contribution >= 4 is 16.9 Å². The molecule has 0 spiro atoms. The molecule has 2 aromatic rings. The van der Waals surface area contributed by atoms with E-state index in [1.165, 1.54) is 12.8 Å². The number of amides is 1. The fourth-order valence-electron chi connectivity index (χ4n) is 3.59. The molecule has 20 heavy (non-hydrogen) atoms. The zero-order chi connectivity index (χ0) is 13.5. The van der Waals surface area contributed by atoms with Crippen molar-refractivity contribution < 1.29 is 9.21 Å². The smallest absolute Gasteiger partial charge is 0.255 e. The van der Waals surface area contributed by atoms with Crippen LogP contribution in [0.25, 0.3) is 11.0 Å². The SMILES string of the molecule is O=C(NC1CC2CCC(C1)N2)c1coc2ccccc12. The summed E-state index contributed by atoms with van der Waals surface area (Å²) in [5.74, 6) is -0.0127. The number of rotatable bonds is 2. The molecule has 2 fully saturated rings. The molecule has 4 nitrogen and oxygen atoms in total. The average Bonchev–Trinajstić information content (AvgIpc) is 3.02. The van der Waals surface area contributed by atoms with E-state index in [0.717, 1.165) is 23.8 Å². The Morgan fingerprint density at radius 1 is 1.20 bits per heavy atom. The number of nitrogens with one attached hydrogen (secondary N) is 2. The number of carbonyl (C=O) groups is 1. The summed E-state index contributed by atoms with van der Waals surface area (Å²) in [5, 5.41) is 7.65. The highest BCUT2D eigenvalue weighted by atomic mass is 16.3. The van der Waals surface area contributed by atoms with Gasteiger partial charge in [0.1, 0.15) is 11.8 Å². The van der Waals surface area contributed by atoms with Crippen LogP contribution in [0.5, 0.6) is 0 Å². The maximum absolute atomic E-state index is 12.4. The van der Waals surface area contributed by atoms with Crippen LogP contribution in [0.1, 0.15) is 36.0 Å². The lowest BCUT2D eigenvalue weighted by molar-refractivity contribution is 0.0925. The second-order valence-electron chi connectivity index (χ2n) is 5.93. The minimum Gasteiger partial charge on any atom is -0.463 e. The number of furan rings is 1. The molecule has 2 N–H and O–H groups in total. The molecule has 2 atom stereocenters. The number of piperidine rings is 1. The molecule has 2 aliphatic heterocycles. The van der Waals surface area contributed by atoms with E-state index < -0.39 is 0 Å². The van der Waals surface area contributed by atoms with Crippen molar-refractivity contribution in [3.05, 3.63) is 36.1 Å². The summed E-state index contributed by atoms with van der Waals surface area (Å²) < 4.78 is 5.44. The van der Waals surface area contributed by atoms with Crippen molar-refractivity contribution in [2.24, 2.45) is 0 Å². The van der Waals surface area contributed by atoms with Crippen LogP contribution in [0, 0.1) is 0 Å². The van der Waals surface area contributed by atoms with E-state index in [0.29, 0.717) is 17.6 Å². The molecule has 0 saturated carbocycles. The van der Waals surface area contributed by atoms with Gasteiger partial charge in [-0.2, -0.15) is 0 Å². The third kappa shape index (κ3) is 2.00. The highest BCUT2D eigenvalue weighted by Gasteiger charge is 2.34. The van der Waals surface area contributed by atoms with Crippen LogP contribution in [0.3, 0.4) is 0 Å². The molecule has 0 aliphatic carbocycles. The summed E-state index contributed by atoms with van der Waals surface area (Å²) in [6.45, 7) is 0. The van der Waals surface area contributed by atoms with Crippen molar-refractivity contribution in [1.29, 1.82) is 0 Å². The molecule has 104 valence electrons. The molecule has 1 amide bonds. The summed E-state index contributed by atoms with van der Waals surface area (Å²) >= 11 is 0. The van der Waals surface area contributed by atoms with Crippen molar-refractivity contribution in [3.63, 3.8) is 0 Å². The Kier molecular flexibility index (Phi) is 2.77. The van der Waals surface area contributed by atoms with Crippen LogP contribution in [0.15, 0.2) is 34.9 Å². The van der Waals surface area contributed by atoms with Crippen LogP contribution in [0.2, 0.25) is 0 Å². The Balaban J connectivity index is 1.53. The van der Waals surface area contributed by atoms with Gasteiger partial charge in [-0.05, 0) is 31.7 Å². The Morgan fingerprint density at radius 3 is 2.75 bits per heavy atom. The molecule has 4 heteroatoms. The summed E-state index contributed by atoms with van der Waals surface area (Å²) in [4.78, 5) is 12.4. The standard InChI is InChI=1S/C16H18N2O2/c19-16(14-9-20-15-4-2-1-3-13(14)15)18-12-7-10-5-6-11(8-12)17-10/h1-4,9-12,17H,5-8H2,(H,18,19). The van der Waals surface area contributed by atoms with Gasteiger partial charge in [-0.1, -0.05) is 18.2 Å². The second-order valence-corrected chi connectivity index (χ2v) is 5.93. The quantitative estimate of drug-likeness (QED) is 0.881. The minimum atomic E-state index is -0.0127. The maximum atomic E-state index is 12.4. The molecule has 3 heterocycles. The summed E-state index contributed by atoms with van der Waals surface area (Å²) in [7, 11) is 0. The lowest BCUT2D eigenvalue weighted by atomic mass is 9.99. The van der Waals surface area contributed by atoms with Crippen molar-refractivity contribution in [2.45, 2.75) is 43.8 Å². The Bertz CT molecular complexity index is 637. The van der Waals surface area contributed by atoms with Crippen LogP contribution >= 0.6 is 0 Å². The van der Waals surface area contributed by atoms with Gasteiger partial charge < -0.3 is 15.1 Å². The zero-order valence-electron chi connectivity index (χ0n) is 11.3. The number of hydrogen-bond donors (Lipinski definition) is 2. The van der Waals surface area contributed by atoms with Gasteiger partial charge in [0.05, 0.1) is 5.56 Å². The molecule has 2 unspecified atom stereocenters. The Labute approximate surface area is 117 Å². The van der Waals surface area contributed by atoms with Gasteiger partial charge in [0.2, 0.25) is 0 Å². The second kappa shape index (κ2) is 4.63. The lowest BCUT2D eigenvalue weighted by Gasteiger charge is -2.29. The largest absolute Gasteiger partial charge is 0.463 e. The maximum Gasteiger partial charge on any atom is 0.255 e.